The molecule has 1 aromatic heterocycles. The lowest BCUT2D eigenvalue weighted by Crippen LogP contribution is -2.52. The third-order valence-electron chi connectivity index (χ3n) is 7.62. The van der Waals surface area contributed by atoms with E-state index in [1.807, 2.05) is 18.2 Å². The summed E-state index contributed by atoms with van der Waals surface area (Å²) in [7, 11) is 1.68. The SMILES string of the molecule is CCCCn1c(C(=O)NC2C(C)(C)C3CC[C@]2(C)C3)cc2cc(OC)ccc21. The van der Waals surface area contributed by atoms with Crippen LogP contribution in [-0.2, 0) is 6.54 Å². The van der Waals surface area contributed by atoms with Gasteiger partial charge in [0, 0.05) is 23.5 Å². The Hall–Kier alpha value is -1.97. The van der Waals surface area contributed by atoms with Crippen LogP contribution in [0, 0.1) is 16.7 Å². The van der Waals surface area contributed by atoms with Crippen molar-refractivity contribution < 1.29 is 9.53 Å². The topological polar surface area (TPSA) is 43.3 Å². The Labute approximate surface area is 168 Å². The van der Waals surface area contributed by atoms with Crippen molar-refractivity contribution in [1.29, 1.82) is 0 Å². The van der Waals surface area contributed by atoms with Gasteiger partial charge in [-0.15, -0.1) is 0 Å². The minimum atomic E-state index is 0.0677. The monoisotopic (exact) mass is 382 g/mol. The zero-order chi connectivity index (χ0) is 20.1. The number of nitrogens with zero attached hydrogens (tertiary/aromatic N) is 1. The fourth-order valence-corrected chi connectivity index (χ4v) is 5.99. The molecule has 2 aliphatic rings. The second-order valence-corrected chi connectivity index (χ2v) is 9.78. The fourth-order valence-electron chi connectivity index (χ4n) is 5.99. The lowest BCUT2D eigenvalue weighted by molar-refractivity contribution is 0.0729. The van der Waals surface area contributed by atoms with E-state index in [2.05, 4.69) is 43.6 Å². The molecule has 0 radical (unpaired) electrons. The number of fused-ring (bicyclic) bond motifs is 3. The molecule has 1 amide bonds. The molecule has 2 fully saturated rings. The van der Waals surface area contributed by atoms with E-state index in [4.69, 9.17) is 4.74 Å². The number of hydrogen-bond acceptors (Lipinski definition) is 2. The van der Waals surface area contributed by atoms with Gasteiger partial charge < -0.3 is 14.6 Å². The van der Waals surface area contributed by atoms with Crippen molar-refractivity contribution >= 4 is 16.8 Å². The maximum Gasteiger partial charge on any atom is 0.268 e. The maximum atomic E-state index is 13.5. The van der Waals surface area contributed by atoms with Crippen LogP contribution < -0.4 is 10.1 Å². The van der Waals surface area contributed by atoms with Crippen molar-refractivity contribution in [2.75, 3.05) is 7.11 Å². The first-order valence-corrected chi connectivity index (χ1v) is 10.8. The average Bonchev–Trinajstić information content (AvgIpc) is 3.29. The van der Waals surface area contributed by atoms with Gasteiger partial charge in [0.15, 0.2) is 0 Å². The number of unbranched alkanes of at least 4 members (excludes halogenated alkanes) is 1. The highest BCUT2D eigenvalue weighted by atomic mass is 16.5. The molecule has 0 saturated heterocycles. The highest BCUT2D eigenvalue weighted by Gasteiger charge is 2.59. The minimum absolute atomic E-state index is 0.0677. The lowest BCUT2D eigenvalue weighted by Gasteiger charge is -2.43. The second-order valence-electron chi connectivity index (χ2n) is 9.78. The van der Waals surface area contributed by atoms with E-state index in [-0.39, 0.29) is 22.8 Å². The predicted molar refractivity (Wildman–Crippen MR) is 114 cm³/mol. The summed E-state index contributed by atoms with van der Waals surface area (Å²) in [5.41, 5.74) is 2.27. The van der Waals surface area contributed by atoms with E-state index in [1.54, 1.807) is 7.11 Å². The van der Waals surface area contributed by atoms with Crippen LogP contribution in [0.5, 0.6) is 5.75 Å². The Morgan fingerprint density at radius 3 is 2.71 bits per heavy atom. The molecular weight excluding hydrogens is 348 g/mol. The van der Waals surface area contributed by atoms with Crippen LogP contribution in [0.2, 0.25) is 0 Å². The number of aryl methyl sites for hydroxylation is 1. The minimum Gasteiger partial charge on any atom is -0.497 e. The average molecular weight is 383 g/mol. The van der Waals surface area contributed by atoms with Crippen LogP contribution in [0.3, 0.4) is 0 Å². The van der Waals surface area contributed by atoms with Crippen molar-refractivity contribution in [3.63, 3.8) is 0 Å². The first kappa shape index (κ1) is 19.4. The summed E-state index contributed by atoms with van der Waals surface area (Å²) in [6.45, 7) is 10.1. The Morgan fingerprint density at radius 1 is 1.29 bits per heavy atom. The van der Waals surface area contributed by atoms with Crippen molar-refractivity contribution in [3.05, 3.63) is 30.0 Å². The summed E-state index contributed by atoms with van der Waals surface area (Å²) >= 11 is 0. The number of hydrogen-bond donors (Lipinski definition) is 1. The molecule has 4 rings (SSSR count). The molecule has 152 valence electrons. The van der Waals surface area contributed by atoms with Gasteiger partial charge in [-0.3, -0.25) is 4.79 Å². The molecule has 2 saturated carbocycles. The summed E-state index contributed by atoms with van der Waals surface area (Å²) in [6.07, 6.45) is 5.92. The third kappa shape index (κ3) is 2.92. The molecule has 0 aliphatic heterocycles. The maximum absolute atomic E-state index is 13.5. The highest BCUT2D eigenvalue weighted by Crippen LogP contribution is 2.62. The normalized spacial score (nSPS) is 28.0. The van der Waals surface area contributed by atoms with Crippen LogP contribution in [0.15, 0.2) is 24.3 Å². The first-order valence-electron chi connectivity index (χ1n) is 10.8. The molecule has 1 N–H and O–H groups in total. The molecule has 28 heavy (non-hydrogen) atoms. The smallest absolute Gasteiger partial charge is 0.268 e. The number of carbonyl (C=O) groups excluding carboxylic acids is 1. The van der Waals surface area contributed by atoms with Gasteiger partial charge in [0.25, 0.3) is 5.91 Å². The molecule has 4 nitrogen and oxygen atoms in total. The summed E-state index contributed by atoms with van der Waals surface area (Å²) in [4.78, 5) is 13.5. The lowest BCUT2D eigenvalue weighted by atomic mass is 9.68. The molecular formula is C24H34N2O2. The van der Waals surface area contributed by atoms with Gasteiger partial charge in [0.1, 0.15) is 11.4 Å². The Morgan fingerprint density at radius 2 is 2.07 bits per heavy atom. The summed E-state index contributed by atoms with van der Waals surface area (Å²) in [6, 6.07) is 8.34. The van der Waals surface area contributed by atoms with Crippen molar-refractivity contribution in [2.24, 2.45) is 16.7 Å². The molecule has 2 aromatic rings. The van der Waals surface area contributed by atoms with Crippen LogP contribution in [-0.4, -0.2) is 23.6 Å². The van der Waals surface area contributed by atoms with E-state index in [0.717, 1.165) is 47.7 Å². The van der Waals surface area contributed by atoms with E-state index in [9.17, 15) is 4.79 Å². The van der Waals surface area contributed by atoms with Crippen LogP contribution >= 0.6 is 0 Å². The van der Waals surface area contributed by atoms with Gasteiger partial charge in [-0.05, 0) is 66.7 Å². The largest absolute Gasteiger partial charge is 0.497 e. The van der Waals surface area contributed by atoms with Gasteiger partial charge >= 0.3 is 0 Å². The summed E-state index contributed by atoms with van der Waals surface area (Å²) < 4.78 is 7.58. The Kier molecular flexibility index (Phi) is 4.71. The van der Waals surface area contributed by atoms with Gasteiger partial charge in [-0.25, -0.2) is 0 Å². The van der Waals surface area contributed by atoms with E-state index in [1.165, 1.54) is 19.3 Å². The number of rotatable bonds is 6. The number of nitrogens with one attached hydrogen (secondary N) is 1. The summed E-state index contributed by atoms with van der Waals surface area (Å²) in [5, 5.41) is 4.54. The molecule has 3 atom stereocenters. The third-order valence-corrected chi connectivity index (χ3v) is 7.62. The number of benzene rings is 1. The molecule has 1 heterocycles. The van der Waals surface area contributed by atoms with Crippen molar-refractivity contribution in [3.8, 4) is 5.75 Å². The van der Waals surface area contributed by atoms with E-state index in [0.29, 0.717) is 0 Å². The highest BCUT2D eigenvalue weighted by molar-refractivity contribution is 5.99. The summed E-state index contributed by atoms with van der Waals surface area (Å²) in [5.74, 6) is 1.62. The first-order chi connectivity index (χ1) is 13.3. The second kappa shape index (κ2) is 6.82. The number of amides is 1. The van der Waals surface area contributed by atoms with Crippen LogP contribution in [0.25, 0.3) is 10.9 Å². The number of ether oxygens (including phenoxy) is 1. The van der Waals surface area contributed by atoms with E-state index >= 15 is 0 Å². The van der Waals surface area contributed by atoms with Gasteiger partial charge in [-0.2, -0.15) is 0 Å². The predicted octanol–water partition coefficient (Wildman–Crippen LogP) is 5.39. The molecule has 2 aliphatic carbocycles. The van der Waals surface area contributed by atoms with Crippen LogP contribution in [0.4, 0.5) is 0 Å². The van der Waals surface area contributed by atoms with Crippen molar-refractivity contribution in [2.45, 2.75) is 72.4 Å². The van der Waals surface area contributed by atoms with Crippen LogP contribution in [0.1, 0.15) is 70.3 Å². The van der Waals surface area contributed by atoms with E-state index < -0.39 is 0 Å². The van der Waals surface area contributed by atoms with Gasteiger partial charge in [0.05, 0.1) is 7.11 Å². The molecule has 0 spiro atoms. The van der Waals surface area contributed by atoms with Gasteiger partial charge in [0.2, 0.25) is 0 Å². The van der Waals surface area contributed by atoms with Crippen molar-refractivity contribution in [1.82, 2.24) is 9.88 Å². The molecule has 2 unspecified atom stereocenters. The fraction of sp³-hybridized carbons (Fsp3) is 0.625. The number of carbonyl (C=O) groups is 1. The zero-order valence-corrected chi connectivity index (χ0v) is 18.0. The standard InChI is InChI=1S/C24H34N2O2/c1-6-7-12-26-19-9-8-18(28-5)13-16(19)14-20(26)21(27)25-22-23(2,3)17-10-11-24(22,4)15-17/h8-9,13-14,17,22H,6-7,10-12,15H2,1-5H3,(H,25,27)/t17?,22?,24-/m1/s1. The molecule has 2 bridgehead atoms. The zero-order valence-electron chi connectivity index (χ0n) is 18.0. The number of aromatic nitrogens is 1. The Bertz CT molecular complexity index is 893. The Balaban J connectivity index is 1.68. The molecule has 1 aromatic carbocycles. The molecule has 4 heteroatoms. The van der Waals surface area contributed by atoms with Gasteiger partial charge in [-0.1, -0.05) is 34.1 Å². The number of methoxy groups -OCH3 is 1. The quantitative estimate of drug-likeness (QED) is 0.727.